The zero-order valence-corrected chi connectivity index (χ0v) is 12.9. The molecular formula is C17H28N2O. The normalized spacial score (nSPS) is 23.8. The molecule has 0 amide bonds. The molecule has 3 heteroatoms. The molecule has 3 atom stereocenters. The lowest BCUT2D eigenvalue weighted by Gasteiger charge is -2.38. The summed E-state index contributed by atoms with van der Waals surface area (Å²) in [5.74, 6) is 0.567. The van der Waals surface area contributed by atoms with Gasteiger partial charge in [-0.15, -0.1) is 0 Å². The van der Waals surface area contributed by atoms with E-state index in [1.165, 1.54) is 5.56 Å². The van der Waals surface area contributed by atoms with Crippen LogP contribution in [0.2, 0.25) is 0 Å². The second kappa shape index (κ2) is 6.25. The van der Waals surface area contributed by atoms with Crippen LogP contribution in [0.3, 0.4) is 0 Å². The van der Waals surface area contributed by atoms with Gasteiger partial charge in [-0.25, -0.2) is 0 Å². The standard InChI is InChI=1S/C17H28N2O/c1-17(2,3)16(18)15(12-20)19-10-9-14(11-19)13-7-5-4-6-8-13/h4-8,14-16,20H,9-12,18H2,1-3H3. The maximum absolute atomic E-state index is 9.76. The van der Waals surface area contributed by atoms with Crippen molar-refractivity contribution in [2.24, 2.45) is 11.1 Å². The first kappa shape index (κ1) is 15.5. The fourth-order valence-electron chi connectivity index (χ4n) is 3.12. The van der Waals surface area contributed by atoms with E-state index in [4.69, 9.17) is 5.73 Å². The molecule has 1 aromatic carbocycles. The number of rotatable bonds is 4. The second-order valence-electron chi connectivity index (χ2n) is 7.03. The van der Waals surface area contributed by atoms with E-state index < -0.39 is 0 Å². The van der Waals surface area contributed by atoms with Crippen LogP contribution in [0.4, 0.5) is 0 Å². The van der Waals surface area contributed by atoms with E-state index in [2.05, 4.69) is 56.0 Å². The van der Waals surface area contributed by atoms with Gasteiger partial charge in [0.15, 0.2) is 0 Å². The number of nitrogens with two attached hydrogens (primary N) is 1. The van der Waals surface area contributed by atoms with Crippen molar-refractivity contribution >= 4 is 0 Å². The summed E-state index contributed by atoms with van der Waals surface area (Å²) in [7, 11) is 0. The topological polar surface area (TPSA) is 49.5 Å². The van der Waals surface area contributed by atoms with E-state index in [1.807, 2.05) is 0 Å². The molecule has 3 unspecified atom stereocenters. The van der Waals surface area contributed by atoms with E-state index in [1.54, 1.807) is 0 Å². The molecule has 112 valence electrons. The van der Waals surface area contributed by atoms with Gasteiger partial charge < -0.3 is 10.8 Å². The zero-order valence-electron chi connectivity index (χ0n) is 12.9. The van der Waals surface area contributed by atoms with Gasteiger partial charge in [0.2, 0.25) is 0 Å². The smallest absolute Gasteiger partial charge is 0.0602 e. The minimum Gasteiger partial charge on any atom is -0.395 e. The first-order chi connectivity index (χ1) is 9.43. The van der Waals surface area contributed by atoms with Crippen molar-refractivity contribution < 1.29 is 5.11 Å². The van der Waals surface area contributed by atoms with Crippen molar-refractivity contribution in [2.75, 3.05) is 19.7 Å². The summed E-state index contributed by atoms with van der Waals surface area (Å²) in [5.41, 5.74) is 7.78. The van der Waals surface area contributed by atoms with Gasteiger partial charge in [-0.2, -0.15) is 0 Å². The Morgan fingerprint density at radius 3 is 2.50 bits per heavy atom. The van der Waals surface area contributed by atoms with E-state index in [-0.39, 0.29) is 24.1 Å². The van der Waals surface area contributed by atoms with E-state index in [9.17, 15) is 5.11 Å². The third-order valence-electron chi connectivity index (χ3n) is 4.56. The fourth-order valence-corrected chi connectivity index (χ4v) is 3.12. The molecule has 0 bridgehead atoms. The largest absolute Gasteiger partial charge is 0.395 e. The van der Waals surface area contributed by atoms with Gasteiger partial charge >= 0.3 is 0 Å². The predicted octanol–water partition coefficient (Wildman–Crippen LogP) is 2.21. The lowest BCUT2D eigenvalue weighted by Crippen LogP contribution is -2.54. The average molecular weight is 276 g/mol. The highest BCUT2D eigenvalue weighted by Gasteiger charge is 2.36. The molecule has 0 aromatic heterocycles. The van der Waals surface area contributed by atoms with Crippen LogP contribution >= 0.6 is 0 Å². The first-order valence-corrected chi connectivity index (χ1v) is 7.59. The summed E-state index contributed by atoms with van der Waals surface area (Å²) in [4.78, 5) is 2.37. The van der Waals surface area contributed by atoms with Gasteiger partial charge in [-0.3, -0.25) is 4.90 Å². The molecule has 0 radical (unpaired) electrons. The minimum atomic E-state index is -0.0120. The van der Waals surface area contributed by atoms with Crippen LogP contribution < -0.4 is 5.73 Å². The highest BCUT2D eigenvalue weighted by atomic mass is 16.3. The van der Waals surface area contributed by atoms with Crippen LogP contribution in [0.5, 0.6) is 0 Å². The van der Waals surface area contributed by atoms with Crippen molar-refractivity contribution in [2.45, 2.75) is 45.2 Å². The van der Waals surface area contributed by atoms with Crippen LogP contribution in [-0.2, 0) is 0 Å². The minimum absolute atomic E-state index is 0.0120. The Bertz CT molecular complexity index is 413. The Hall–Kier alpha value is -0.900. The number of nitrogens with zero attached hydrogens (tertiary/aromatic N) is 1. The lowest BCUT2D eigenvalue weighted by atomic mass is 9.82. The number of benzene rings is 1. The van der Waals surface area contributed by atoms with Gasteiger partial charge in [0, 0.05) is 18.6 Å². The highest BCUT2D eigenvalue weighted by molar-refractivity contribution is 5.21. The number of likely N-dealkylation sites (tertiary alicyclic amines) is 1. The summed E-state index contributed by atoms with van der Waals surface area (Å²) in [6, 6.07) is 10.7. The van der Waals surface area contributed by atoms with Gasteiger partial charge in [-0.1, -0.05) is 51.1 Å². The molecule has 3 nitrogen and oxygen atoms in total. The Labute approximate surface area is 122 Å². The maximum Gasteiger partial charge on any atom is 0.0602 e. The first-order valence-electron chi connectivity index (χ1n) is 7.59. The SMILES string of the molecule is CC(C)(C)C(N)C(CO)N1CCC(c2ccccc2)C1. The van der Waals surface area contributed by atoms with Crippen molar-refractivity contribution in [1.29, 1.82) is 0 Å². The summed E-state index contributed by atoms with van der Waals surface area (Å²) in [5, 5.41) is 9.76. The van der Waals surface area contributed by atoms with Crippen molar-refractivity contribution in [3.05, 3.63) is 35.9 Å². The molecule has 1 aliphatic heterocycles. The highest BCUT2D eigenvalue weighted by Crippen LogP contribution is 2.31. The molecule has 1 aromatic rings. The summed E-state index contributed by atoms with van der Waals surface area (Å²) in [6.07, 6.45) is 1.15. The monoisotopic (exact) mass is 276 g/mol. The van der Waals surface area contributed by atoms with E-state index in [0.717, 1.165) is 19.5 Å². The molecule has 1 fully saturated rings. The molecule has 20 heavy (non-hydrogen) atoms. The van der Waals surface area contributed by atoms with Gasteiger partial charge in [0.25, 0.3) is 0 Å². The third-order valence-corrected chi connectivity index (χ3v) is 4.56. The second-order valence-corrected chi connectivity index (χ2v) is 7.03. The molecular weight excluding hydrogens is 248 g/mol. The Kier molecular flexibility index (Phi) is 4.84. The lowest BCUT2D eigenvalue weighted by molar-refractivity contribution is 0.0868. The van der Waals surface area contributed by atoms with Gasteiger partial charge in [-0.05, 0) is 29.9 Å². The number of aliphatic hydroxyl groups excluding tert-OH is 1. The molecule has 0 saturated carbocycles. The van der Waals surface area contributed by atoms with E-state index >= 15 is 0 Å². The molecule has 0 aliphatic carbocycles. The predicted molar refractivity (Wildman–Crippen MR) is 83.7 cm³/mol. The fraction of sp³-hybridized carbons (Fsp3) is 0.647. The van der Waals surface area contributed by atoms with Crippen LogP contribution in [0.15, 0.2) is 30.3 Å². The number of hydrogen-bond donors (Lipinski definition) is 2. The van der Waals surface area contributed by atoms with Crippen LogP contribution in [0, 0.1) is 5.41 Å². The molecule has 1 saturated heterocycles. The summed E-state index contributed by atoms with van der Waals surface area (Å²) >= 11 is 0. The number of hydrogen-bond acceptors (Lipinski definition) is 3. The summed E-state index contributed by atoms with van der Waals surface area (Å²) < 4.78 is 0. The van der Waals surface area contributed by atoms with Crippen LogP contribution in [-0.4, -0.2) is 41.8 Å². The Morgan fingerprint density at radius 2 is 1.95 bits per heavy atom. The Balaban J connectivity index is 2.04. The molecule has 3 N–H and O–H groups in total. The quantitative estimate of drug-likeness (QED) is 0.886. The maximum atomic E-state index is 9.76. The number of aliphatic hydroxyl groups is 1. The van der Waals surface area contributed by atoms with Crippen LogP contribution in [0.1, 0.15) is 38.7 Å². The van der Waals surface area contributed by atoms with Crippen molar-refractivity contribution in [1.82, 2.24) is 4.90 Å². The van der Waals surface area contributed by atoms with Crippen LogP contribution in [0.25, 0.3) is 0 Å². The Morgan fingerprint density at radius 1 is 1.30 bits per heavy atom. The molecule has 1 heterocycles. The average Bonchev–Trinajstić information content (AvgIpc) is 2.89. The van der Waals surface area contributed by atoms with Crippen molar-refractivity contribution in [3.63, 3.8) is 0 Å². The molecule has 1 aliphatic rings. The van der Waals surface area contributed by atoms with Gasteiger partial charge in [0.1, 0.15) is 0 Å². The van der Waals surface area contributed by atoms with Crippen molar-refractivity contribution in [3.8, 4) is 0 Å². The van der Waals surface area contributed by atoms with Gasteiger partial charge in [0.05, 0.1) is 6.61 Å². The molecule has 0 spiro atoms. The summed E-state index contributed by atoms with van der Waals surface area (Å²) in [6.45, 7) is 8.59. The van der Waals surface area contributed by atoms with E-state index in [0.29, 0.717) is 5.92 Å². The molecule has 2 rings (SSSR count). The third kappa shape index (κ3) is 3.40. The zero-order chi connectivity index (χ0) is 14.8.